The van der Waals surface area contributed by atoms with E-state index in [0.717, 1.165) is 42.3 Å². The zero-order valence-corrected chi connectivity index (χ0v) is 11.2. The lowest BCUT2D eigenvalue weighted by molar-refractivity contribution is 0.427. The predicted molar refractivity (Wildman–Crippen MR) is 77.9 cm³/mol. The second-order valence-corrected chi connectivity index (χ2v) is 4.96. The van der Waals surface area contributed by atoms with E-state index >= 15 is 0 Å². The monoisotopic (exact) mass is 267 g/mol. The standard InChI is InChI=1S/C16H17N3O/c1-2-12-5-7-14(8-6-12)20-15-11-18-19-16(15)13-4-3-9-17-10-13/h1,5-8,11,13,17H,3-4,9-10H2,(H,18,19). The molecule has 2 N–H and O–H groups in total. The van der Waals surface area contributed by atoms with Gasteiger partial charge >= 0.3 is 0 Å². The number of benzene rings is 1. The van der Waals surface area contributed by atoms with Crippen LogP contribution in [0.25, 0.3) is 0 Å². The number of piperidine rings is 1. The third-order valence-corrected chi connectivity index (χ3v) is 3.59. The van der Waals surface area contributed by atoms with E-state index in [1.807, 2.05) is 24.3 Å². The number of nitrogens with zero attached hydrogens (tertiary/aromatic N) is 1. The van der Waals surface area contributed by atoms with Gasteiger partial charge in [-0.1, -0.05) is 5.92 Å². The van der Waals surface area contributed by atoms with Gasteiger partial charge in [0.05, 0.1) is 11.9 Å². The number of H-pyrrole nitrogens is 1. The first-order valence-corrected chi connectivity index (χ1v) is 6.85. The maximum atomic E-state index is 5.91. The van der Waals surface area contributed by atoms with Crippen LogP contribution in [0.2, 0.25) is 0 Å². The minimum absolute atomic E-state index is 0.436. The molecule has 1 aliphatic rings. The Bertz CT molecular complexity index is 603. The van der Waals surface area contributed by atoms with Crippen molar-refractivity contribution in [3.05, 3.63) is 41.7 Å². The largest absolute Gasteiger partial charge is 0.454 e. The number of nitrogens with one attached hydrogen (secondary N) is 2. The number of ether oxygens (including phenoxy) is 1. The summed E-state index contributed by atoms with van der Waals surface area (Å²) in [5.41, 5.74) is 1.92. The van der Waals surface area contributed by atoms with E-state index in [2.05, 4.69) is 21.4 Å². The van der Waals surface area contributed by atoms with Crippen molar-refractivity contribution < 1.29 is 4.74 Å². The molecule has 0 spiro atoms. The van der Waals surface area contributed by atoms with Gasteiger partial charge in [0.1, 0.15) is 5.75 Å². The Labute approximate surface area is 118 Å². The van der Waals surface area contributed by atoms with Crippen LogP contribution in [0.5, 0.6) is 11.5 Å². The molecular formula is C16H17N3O. The summed E-state index contributed by atoms with van der Waals surface area (Å²) >= 11 is 0. The van der Waals surface area contributed by atoms with Crippen LogP contribution < -0.4 is 10.1 Å². The molecule has 1 aromatic heterocycles. The van der Waals surface area contributed by atoms with Crippen LogP contribution in [0.15, 0.2) is 30.5 Å². The fourth-order valence-electron chi connectivity index (χ4n) is 2.50. The van der Waals surface area contributed by atoms with Gasteiger partial charge in [-0.15, -0.1) is 6.42 Å². The van der Waals surface area contributed by atoms with Crippen LogP contribution in [0.3, 0.4) is 0 Å². The van der Waals surface area contributed by atoms with Crippen molar-refractivity contribution in [2.45, 2.75) is 18.8 Å². The van der Waals surface area contributed by atoms with Crippen molar-refractivity contribution in [3.8, 4) is 23.8 Å². The molecule has 2 heterocycles. The topological polar surface area (TPSA) is 49.9 Å². The molecule has 0 amide bonds. The van der Waals surface area contributed by atoms with Gasteiger partial charge in [-0.2, -0.15) is 5.10 Å². The summed E-state index contributed by atoms with van der Waals surface area (Å²) in [5.74, 6) is 4.60. The number of hydrogen-bond acceptors (Lipinski definition) is 3. The summed E-state index contributed by atoms with van der Waals surface area (Å²) in [6.45, 7) is 2.06. The molecule has 1 fully saturated rings. The molecule has 1 aromatic carbocycles. The predicted octanol–water partition coefficient (Wildman–Crippen LogP) is 2.65. The highest BCUT2D eigenvalue weighted by Crippen LogP contribution is 2.32. The molecule has 1 saturated heterocycles. The van der Waals surface area contributed by atoms with E-state index in [1.165, 1.54) is 6.42 Å². The Morgan fingerprint density at radius 3 is 2.85 bits per heavy atom. The summed E-state index contributed by atoms with van der Waals surface area (Å²) in [6, 6.07) is 7.50. The number of rotatable bonds is 3. The second-order valence-electron chi connectivity index (χ2n) is 4.96. The van der Waals surface area contributed by atoms with Gasteiger partial charge in [0.25, 0.3) is 0 Å². The summed E-state index contributed by atoms with van der Waals surface area (Å²) < 4.78 is 5.91. The van der Waals surface area contributed by atoms with Crippen molar-refractivity contribution in [2.24, 2.45) is 0 Å². The highest BCUT2D eigenvalue weighted by molar-refractivity contribution is 5.39. The lowest BCUT2D eigenvalue weighted by Gasteiger charge is -2.22. The van der Waals surface area contributed by atoms with Crippen LogP contribution in [0.1, 0.15) is 30.0 Å². The van der Waals surface area contributed by atoms with Gasteiger partial charge in [-0.3, -0.25) is 5.10 Å². The Kier molecular flexibility index (Phi) is 3.71. The molecular weight excluding hydrogens is 250 g/mol. The van der Waals surface area contributed by atoms with Gasteiger partial charge in [0.15, 0.2) is 5.75 Å². The maximum absolute atomic E-state index is 5.91. The van der Waals surface area contributed by atoms with Gasteiger partial charge < -0.3 is 10.1 Å². The third kappa shape index (κ3) is 2.68. The highest BCUT2D eigenvalue weighted by atomic mass is 16.5. The minimum Gasteiger partial charge on any atom is -0.454 e. The maximum Gasteiger partial charge on any atom is 0.168 e. The van der Waals surface area contributed by atoms with E-state index in [0.29, 0.717) is 5.92 Å². The molecule has 4 nitrogen and oxygen atoms in total. The third-order valence-electron chi connectivity index (χ3n) is 3.59. The number of aromatic amines is 1. The zero-order chi connectivity index (χ0) is 13.8. The Morgan fingerprint density at radius 2 is 2.15 bits per heavy atom. The zero-order valence-electron chi connectivity index (χ0n) is 11.2. The minimum atomic E-state index is 0.436. The smallest absolute Gasteiger partial charge is 0.168 e. The molecule has 1 atom stereocenters. The lowest BCUT2D eigenvalue weighted by atomic mass is 9.96. The molecule has 0 bridgehead atoms. The van der Waals surface area contributed by atoms with Crippen molar-refractivity contribution in [1.29, 1.82) is 0 Å². The van der Waals surface area contributed by atoms with Crippen LogP contribution >= 0.6 is 0 Å². The molecule has 20 heavy (non-hydrogen) atoms. The van der Waals surface area contributed by atoms with Crippen molar-refractivity contribution >= 4 is 0 Å². The molecule has 4 heteroatoms. The fourth-order valence-corrected chi connectivity index (χ4v) is 2.50. The summed E-state index contributed by atoms with van der Waals surface area (Å²) in [5, 5.41) is 10.6. The Morgan fingerprint density at radius 1 is 1.30 bits per heavy atom. The normalized spacial score (nSPS) is 18.4. The molecule has 0 radical (unpaired) electrons. The van der Waals surface area contributed by atoms with Crippen molar-refractivity contribution in [3.63, 3.8) is 0 Å². The average Bonchev–Trinajstić information content (AvgIpc) is 2.97. The van der Waals surface area contributed by atoms with E-state index < -0.39 is 0 Å². The summed E-state index contributed by atoms with van der Waals surface area (Å²) in [6.07, 6.45) is 9.41. The fraction of sp³-hybridized carbons (Fsp3) is 0.312. The number of hydrogen-bond donors (Lipinski definition) is 2. The van der Waals surface area contributed by atoms with Gasteiger partial charge in [0, 0.05) is 18.0 Å². The van der Waals surface area contributed by atoms with E-state index in [1.54, 1.807) is 6.20 Å². The van der Waals surface area contributed by atoms with Crippen molar-refractivity contribution in [2.75, 3.05) is 13.1 Å². The Hall–Kier alpha value is -2.25. The molecule has 102 valence electrons. The van der Waals surface area contributed by atoms with E-state index in [-0.39, 0.29) is 0 Å². The molecule has 1 aliphatic heterocycles. The average molecular weight is 267 g/mol. The first-order chi connectivity index (χ1) is 9.86. The molecule has 0 saturated carbocycles. The summed E-state index contributed by atoms with van der Waals surface area (Å²) in [4.78, 5) is 0. The molecule has 0 aliphatic carbocycles. The first-order valence-electron chi connectivity index (χ1n) is 6.85. The SMILES string of the molecule is C#Cc1ccc(Oc2cn[nH]c2C2CCCNC2)cc1. The molecule has 2 aromatic rings. The number of aromatic nitrogens is 2. The Balaban J connectivity index is 1.77. The lowest BCUT2D eigenvalue weighted by Crippen LogP contribution is -2.28. The quantitative estimate of drug-likeness (QED) is 0.841. The number of terminal acetylenes is 1. The second kappa shape index (κ2) is 5.81. The van der Waals surface area contributed by atoms with Gasteiger partial charge in [0.2, 0.25) is 0 Å². The van der Waals surface area contributed by atoms with Crippen LogP contribution in [0, 0.1) is 12.3 Å². The van der Waals surface area contributed by atoms with E-state index in [9.17, 15) is 0 Å². The van der Waals surface area contributed by atoms with Crippen molar-refractivity contribution in [1.82, 2.24) is 15.5 Å². The van der Waals surface area contributed by atoms with Crippen LogP contribution in [0.4, 0.5) is 0 Å². The molecule has 3 rings (SSSR count). The van der Waals surface area contributed by atoms with Gasteiger partial charge in [-0.05, 0) is 43.7 Å². The summed E-state index contributed by atoms with van der Waals surface area (Å²) in [7, 11) is 0. The van der Waals surface area contributed by atoms with Crippen LogP contribution in [-0.2, 0) is 0 Å². The van der Waals surface area contributed by atoms with Gasteiger partial charge in [-0.25, -0.2) is 0 Å². The molecule has 1 unspecified atom stereocenters. The highest BCUT2D eigenvalue weighted by Gasteiger charge is 2.21. The van der Waals surface area contributed by atoms with Crippen LogP contribution in [-0.4, -0.2) is 23.3 Å². The van der Waals surface area contributed by atoms with E-state index in [4.69, 9.17) is 11.2 Å². The first kappa shape index (κ1) is 12.8.